The summed E-state index contributed by atoms with van der Waals surface area (Å²) >= 11 is 1.05. The van der Waals surface area contributed by atoms with Gasteiger partial charge in [0.15, 0.2) is 15.5 Å². The van der Waals surface area contributed by atoms with E-state index in [2.05, 4.69) is 4.98 Å². The number of hydrogen-bond acceptors (Lipinski definition) is 5. The number of carbonyl (C=O) groups is 1. The molecule has 1 aromatic rings. The SMILES string of the molecule is CCS(=O)(=O)Cc1nc(C(=O)O)cs1. The third-order valence-corrected chi connectivity index (χ3v) is 4.18. The predicted molar refractivity (Wildman–Crippen MR) is 52.2 cm³/mol. The van der Waals surface area contributed by atoms with Crippen molar-refractivity contribution in [1.82, 2.24) is 4.98 Å². The number of nitrogens with zero attached hydrogens (tertiary/aromatic N) is 1. The van der Waals surface area contributed by atoms with Crippen LogP contribution < -0.4 is 0 Å². The zero-order chi connectivity index (χ0) is 10.8. The van der Waals surface area contributed by atoms with Crippen molar-refractivity contribution in [3.8, 4) is 0 Å². The molecule has 0 aliphatic heterocycles. The molecule has 0 aliphatic carbocycles. The topological polar surface area (TPSA) is 84.3 Å². The molecular weight excluding hydrogens is 226 g/mol. The van der Waals surface area contributed by atoms with Gasteiger partial charge in [-0.05, 0) is 0 Å². The molecule has 0 bridgehead atoms. The first-order valence-corrected chi connectivity index (χ1v) is 6.53. The van der Waals surface area contributed by atoms with Gasteiger partial charge in [-0.25, -0.2) is 18.2 Å². The Balaban J connectivity index is 2.84. The van der Waals surface area contributed by atoms with E-state index in [0.29, 0.717) is 5.01 Å². The second kappa shape index (κ2) is 4.05. The van der Waals surface area contributed by atoms with Crippen molar-refractivity contribution < 1.29 is 18.3 Å². The Morgan fingerprint density at radius 2 is 2.29 bits per heavy atom. The number of hydrogen-bond donors (Lipinski definition) is 1. The van der Waals surface area contributed by atoms with Gasteiger partial charge in [-0.2, -0.15) is 0 Å². The van der Waals surface area contributed by atoms with E-state index in [9.17, 15) is 13.2 Å². The summed E-state index contributed by atoms with van der Waals surface area (Å²) in [5.74, 6) is -1.28. The van der Waals surface area contributed by atoms with Crippen molar-refractivity contribution >= 4 is 27.1 Å². The fourth-order valence-electron chi connectivity index (χ4n) is 0.766. The van der Waals surface area contributed by atoms with E-state index in [1.54, 1.807) is 6.92 Å². The van der Waals surface area contributed by atoms with Crippen molar-refractivity contribution in [1.29, 1.82) is 0 Å². The monoisotopic (exact) mass is 235 g/mol. The second-order valence-corrected chi connectivity index (χ2v) is 5.90. The van der Waals surface area contributed by atoms with E-state index in [-0.39, 0.29) is 17.2 Å². The van der Waals surface area contributed by atoms with Gasteiger partial charge in [0.25, 0.3) is 0 Å². The molecule has 0 fully saturated rings. The highest BCUT2D eigenvalue weighted by Gasteiger charge is 2.14. The third kappa shape index (κ3) is 2.78. The predicted octanol–water partition coefficient (Wildman–Crippen LogP) is 0.776. The van der Waals surface area contributed by atoms with Crippen LogP contribution in [0.15, 0.2) is 5.38 Å². The van der Waals surface area contributed by atoms with Gasteiger partial charge in [-0.3, -0.25) is 0 Å². The Morgan fingerprint density at radius 1 is 1.64 bits per heavy atom. The smallest absolute Gasteiger partial charge is 0.355 e. The molecule has 1 aromatic heterocycles. The first-order valence-electron chi connectivity index (χ1n) is 3.82. The molecule has 1 N–H and O–H groups in total. The largest absolute Gasteiger partial charge is 0.476 e. The summed E-state index contributed by atoms with van der Waals surface area (Å²) < 4.78 is 22.3. The summed E-state index contributed by atoms with van der Waals surface area (Å²) in [6.45, 7) is 1.54. The molecule has 0 amide bonds. The van der Waals surface area contributed by atoms with E-state index >= 15 is 0 Å². The van der Waals surface area contributed by atoms with Crippen LogP contribution in [-0.2, 0) is 15.6 Å². The Bertz CT molecular complexity index is 434. The van der Waals surface area contributed by atoms with Gasteiger partial charge in [-0.15, -0.1) is 11.3 Å². The average molecular weight is 235 g/mol. The molecule has 0 spiro atoms. The fraction of sp³-hybridized carbons (Fsp3) is 0.429. The van der Waals surface area contributed by atoms with E-state index in [1.165, 1.54) is 5.38 Å². The fourth-order valence-corrected chi connectivity index (χ4v) is 2.77. The Kier molecular flexibility index (Phi) is 3.22. The molecule has 0 saturated carbocycles. The van der Waals surface area contributed by atoms with E-state index < -0.39 is 15.8 Å². The molecule has 5 nitrogen and oxygen atoms in total. The van der Waals surface area contributed by atoms with Crippen LogP contribution in [0.1, 0.15) is 22.4 Å². The van der Waals surface area contributed by atoms with Crippen LogP contribution in [-0.4, -0.2) is 30.2 Å². The van der Waals surface area contributed by atoms with Gasteiger partial charge in [0.05, 0.1) is 0 Å². The Labute approximate surface area is 85.3 Å². The van der Waals surface area contributed by atoms with Crippen LogP contribution in [0.25, 0.3) is 0 Å². The van der Waals surface area contributed by atoms with Crippen molar-refractivity contribution in [3.05, 3.63) is 16.1 Å². The maximum Gasteiger partial charge on any atom is 0.355 e. The average Bonchev–Trinajstić information content (AvgIpc) is 2.52. The summed E-state index contributed by atoms with van der Waals surface area (Å²) in [7, 11) is -3.13. The highest BCUT2D eigenvalue weighted by atomic mass is 32.2. The van der Waals surface area contributed by atoms with Gasteiger partial charge in [0.1, 0.15) is 10.8 Å². The molecular formula is C7H9NO4S2. The van der Waals surface area contributed by atoms with Gasteiger partial charge in [-0.1, -0.05) is 6.92 Å². The lowest BCUT2D eigenvalue weighted by atomic mass is 10.5. The number of carboxylic acid groups (broad SMARTS) is 1. The van der Waals surface area contributed by atoms with E-state index in [1.807, 2.05) is 0 Å². The van der Waals surface area contributed by atoms with Crippen LogP contribution in [0, 0.1) is 0 Å². The number of aromatic nitrogens is 1. The van der Waals surface area contributed by atoms with Gasteiger partial charge < -0.3 is 5.11 Å². The van der Waals surface area contributed by atoms with Crippen LogP contribution in [0.3, 0.4) is 0 Å². The number of thiazole rings is 1. The highest BCUT2D eigenvalue weighted by Crippen LogP contribution is 2.13. The van der Waals surface area contributed by atoms with E-state index in [0.717, 1.165) is 11.3 Å². The molecule has 7 heteroatoms. The summed E-state index contributed by atoms with van der Waals surface area (Å²) in [5, 5.41) is 10.2. The van der Waals surface area contributed by atoms with Crippen molar-refractivity contribution in [2.24, 2.45) is 0 Å². The van der Waals surface area contributed by atoms with Crippen LogP contribution in [0.5, 0.6) is 0 Å². The minimum atomic E-state index is -3.13. The molecule has 0 atom stereocenters. The molecule has 0 aliphatic rings. The van der Waals surface area contributed by atoms with Gasteiger partial charge in [0, 0.05) is 11.1 Å². The zero-order valence-electron chi connectivity index (χ0n) is 7.43. The summed E-state index contributed by atoms with van der Waals surface area (Å²) in [6, 6.07) is 0. The quantitative estimate of drug-likeness (QED) is 0.833. The third-order valence-electron chi connectivity index (χ3n) is 1.55. The van der Waals surface area contributed by atoms with Gasteiger partial charge in [0.2, 0.25) is 0 Å². The van der Waals surface area contributed by atoms with E-state index in [4.69, 9.17) is 5.11 Å². The summed E-state index contributed by atoms with van der Waals surface area (Å²) in [5.41, 5.74) is -0.101. The molecule has 78 valence electrons. The molecule has 14 heavy (non-hydrogen) atoms. The van der Waals surface area contributed by atoms with Crippen LogP contribution in [0.2, 0.25) is 0 Å². The molecule has 1 heterocycles. The first kappa shape index (κ1) is 11.1. The number of aromatic carboxylic acids is 1. The van der Waals surface area contributed by atoms with Crippen LogP contribution >= 0.6 is 11.3 Å². The molecule has 0 radical (unpaired) electrons. The molecule has 1 rings (SSSR count). The minimum absolute atomic E-state index is 0.0367. The lowest BCUT2D eigenvalue weighted by Crippen LogP contribution is -2.06. The minimum Gasteiger partial charge on any atom is -0.476 e. The van der Waals surface area contributed by atoms with Gasteiger partial charge >= 0.3 is 5.97 Å². The Morgan fingerprint density at radius 3 is 2.71 bits per heavy atom. The van der Waals surface area contributed by atoms with Crippen molar-refractivity contribution in [2.75, 3.05) is 5.75 Å². The zero-order valence-corrected chi connectivity index (χ0v) is 9.06. The maximum absolute atomic E-state index is 11.2. The normalized spacial score (nSPS) is 11.5. The maximum atomic E-state index is 11.2. The number of sulfone groups is 1. The van der Waals surface area contributed by atoms with Crippen molar-refractivity contribution in [2.45, 2.75) is 12.7 Å². The number of carboxylic acids is 1. The molecule has 0 aromatic carbocycles. The van der Waals surface area contributed by atoms with Crippen LogP contribution in [0.4, 0.5) is 0 Å². The molecule has 0 saturated heterocycles. The standard InChI is InChI=1S/C7H9NO4S2/c1-2-14(11,12)4-6-8-5(3-13-6)7(9)10/h3H,2,4H2,1H3,(H,9,10). The molecule has 0 unspecified atom stereocenters. The lowest BCUT2D eigenvalue weighted by Gasteiger charge is -1.95. The second-order valence-electron chi connectivity index (χ2n) is 2.61. The summed E-state index contributed by atoms with van der Waals surface area (Å²) in [4.78, 5) is 14.1. The first-order chi connectivity index (χ1) is 6.44. The summed E-state index contributed by atoms with van der Waals surface area (Å²) in [6.07, 6.45) is 0. The van der Waals surface area contributed by atoms with Crippen molar-refractivity contribution in [3.63, 3.8) is 0 Å². The Hall–Kier alpha value is -0.950. The number of rotatable bonds is 4. The lowest BCUT2D eigenvalue weighted by molar-refractivity contribution is 0.0691. The highest BCUT2D eigenvalue weighted by molar-refractivity contribution is 7.90.